The van der Waals surface area contributed by atoms with Crippen LogP contribution in [0.3, 0.4) is 0 Å². The smallest absolute Gasteiger partial charge is 0.142 e. The molecule has 1 saturated heterocycles. The van der Waals surface area contributed by atoms with Crippen LogP contribution in [0.1, 0.15) is 12.2 Å². The molecular formula is C9H14N4. The van der Waals surface area contributed by atoms with Crippen LogP contribution in [0.15, 0.2) is 18.5 Å². The lowest BCUT2D eigenvalue weighted by atomic mass is 10.3. The van der Waals surface area contributed by atoms with Crippen molar-refractivity contribution in [2.24, 2.45) is 5.73 Å². The Morgan fingerprint density at radius 2 is 2.23 bits per heavy atom. The van der Waals surface area contributed by atoms with Gasteiger partial charge < -0.3 is 5.73 Å². The average molecular weight is 178 g/mol. The summed E-state index contributed by atoms with van der Waals surface area (Å²) in [6.45, 7) is 2.87. The summed E-state index contributed by atoms with van der Waals surface area (Å²) in [6.07, 6.45) is 4.64. The first kappa shape index (κ1) is 8.59. The maximum absolute atomic E-state index is 5.80. The zero-order valence-electron chi connectivity index (χ0n) is 7.56. The molecule has 2 N–H and O–H groups in total. The molecule has 0 saturated carbocycles. The van der Waals surface area contributed by atoms with E-state index < -0.39 is 0 Å². The Morgan fingerprint density at radius 1 is 1.46 bits per heavy atom. The van der Waals surface area contributed by atoms with Gasteiger partial charge in [-0.3, -0.25) is 4.90 Å². The first-order valence-electron chi connectivity index (χ1n) is 4.58. The number of aromatic nitrogens is 2. The van der Waals surface area contributed by atoms with Gasteiger partial charge in [-0.15, -0.1) is 0 Å². The summed E-state index contributed by atoms with van der Waals surface area (Å²) in [5.41, 5.74) is 5.80. The molecule has 1 unspecified atom stereocenters. The normalized spacial score (nSPS) is 23.6. The van der Waals surface area contributed by atoms with Crippen molar-refractivity contribution in [1.82, 2.24) is 14.9 Å². The van der Waals surface area contributed by atoms with Crippen molar-refractivity contribution < 1.29 is 0 Å². The lowest BCUT2D eigenvalue weighted by Gasteiger charge is -2.12. The van der Waals surface area contributed by atoms with Crippen LogP contribution in [0.25, 0.3) is 0 Å². The quantitative estimate of drug-likeness (QED) is 0.693. The molecule has 13 heavy (non-hydrogen) atoms. The highest BCUT2D eigenvalue weighted by Crippen LogP contribution is 2.08. The van der Waals surface area contributed by atoms with E-state index in [0.29, 0.717) is 6.04 Å². The van der Waals surface area contributed by atoms with E-state index in [9.17, 15) is 0 Å². The van der Waals surface area contributed by atoms with Crippen molar-refractivity contribution in [2.75, 3.05) is 13.1 Å². The van der Waals surface area contributed by atoms with Crippen LogP contribution in [0.2, 0.25) is 0 Å². The van der Waals surface area contributed by atoms with Gasteiger partial charge in [0.25, 0.3) is 0 Å². The molecule has 0 bridgehead atoms. The predicted octanol–water partition coefficient (Wildman–Crippen LogP) is 0.00960. The Balaban J connectivity index is 1.92. The minimum atomic E-state index is 0.337. The summed E-state index contributed by atoms with van der Waals surface area (Å²) in [4.78, 5) is 10.6. The number of likely N-dealkylation sites (tertiary alicyclic amines) is 1. The number of hydrogen-bond acceptors (Lipinski definition) is 4. The van der Waals surface area contributed by atoms with Gasteiger partial charge in [-0.1, -0.05) is 0 Å². The molecule has 1 atom stereocenters. The Morgan fingerprint density at radius 3 is 2.85 bits per heavy atom. The highest BCUT2D eigenvalue weighted by molar-refractivity contribution is 4.90. The summed E-state index contributed by atoms with van der Waals surface area (Å²) in [7, 11) is 0. The van der Waals surface area contributed by atoms with Crippen molar-refractivity contribution >= 4 is 0 Å². The molecule has 4 heteroatoms. The lowest BCUT2D eigenvalue weighted by Crippen LogP contribution is -2.26. The molecule has 1 aliphatic rings. The second-order valence-corrected chi connectivity index (χ2v) is 3.45. The number of nitrogens with two attached hydrogens (primary N) is 1. The highest BCUT2D eigenvalue weighted by Gasteiger charge is 2.19. The van der Waals surface area contributed by atoms with Crippen LogP contribution in [0.4, 0.5) is 0 Å². The third kappa shape index (κ3) is 2.23. The zero-order chi connectivity index (χ0) is 9.10. The highest BCUT2D eigenvalue weighted by atomic mass is 15.2. The molecule has 0 aliphatic carbocycles. The van der Waals surface area contributed by atoms with Crippen LogP contribution < -0.4 is 5.73 Å². The Bertz CT molecular complexity index is 262. The van der Waals surface area contributed by atoms with Crippen molar-refractivity contribution in [1.29, 1.82) is 0 Å². The fourth-order valence-electron chi connectivity index (χ4n) is 1.62. The largest absolute Gasteiger partial charge is 0.326 e. The van der Waals surface area contributed by atoms with Crippen LogP contribution in [-0.4, -0.2) is 34.0 Å². The van der Waals surface area contributed by atoms with E-state index >= 15 is 0 Å². The molecule has 0 amide bonds. The Labute approximate surface area is 77.8 Å². The molecule has 2 heterocycles. The summed E-state index contributed by atoms with van der Waals surface area (Å²) in [5, 5.41) is 0. The fraction of sp³-hybridized carbons (Fsp3) is 0.556. The van der Waals surface area contributed by atoms with Gasteiger partial charge in [0.15, 0.2) is 0 Å². The minimum Gasteiger partial charge on any atom is -0.326 e. The molecule has 4 nitrogen and oxygen atoms in total. The SMILES string of the molecule is NC1CCN(Cc2ncccn2)C1. The Hall–Kier alpha value is -1.00. The molecule has 2 rings (SSSR count). The van der Waals surface area contributed by atoms with Crippen molar-refractivity contribution in [2.45, 2.75) is 19.0 Å². The van der Waals surface area contributed by atoms with Crippen LogP contribution in [0.5, 0.6) is 0 Å². The number of nitrogens with zero attached hydrogens (tertiary/aromatic N) is 3. The topological polar surface area (TPSA) is 55.0 Å². The van der Waals surface area contributed by atoms with Gasteiger partial charge in [0.2, 0.25) is 0 Å². The van der Waals surface area contributed by atoms with Gasteiger partial charge in [0.05, 0.1) is 6.54 Å². The second kappa shape index (κ2) is 3.81. The van der Waals surface area contributed by atoms with E-state index in [1.165, 1.54) is 0 Å². The third-order valence-corrected chi connectivity index (χ3v) is 2.29. The predicted molar refractivity (Wildman–Crippen MR) is 49.9 cm³/mol. The molecule has 70 valence electrons. The van der Waals surface area contributed by atoms with Gasteiger partial charge >= 0.3 is 0 Å². The van der Waals surface area contributed by atoms with E-state index in [0.717, 1.165) is 31.9 Å². The van der Waals surface area contributed by atoms with Crippen molar-refractivity contribution in [3.05, 3.63) is 24.3 Å². The Kier molecular flexibility index (Phi) is 2.52. The number of rotatable bonds is 2. The van der Waals surface area contributed by atoms with Gasteiger partial charge in [-0.05, 0) is 12.5 Å². The zero-order valence-corrected chi connectivity index (χ0v) is 7.56. The monoisotopic (exact) mass is 178 g/mol. The maximum atomic E-state index is 5.80. The fourth-order valence-corrected chi connectivity index (χ4v) is 1.62. The van der Waals surface area contributed by atoms with Gasteiger partial charge in [0.1, 0.15) is 5.82 Å². The van der Waals surface area contributed by atoms with Gasteiger partial charge in [-0.2, -0.15) is 0 Å². The minimum absolute atomic E-state index is 0.337. The third-order valence-electron chi connectivity index (χ3n) is 2.29. The van der Waals surface area contributed by atoms with E-state index in [1.54, 1.807) is 12.4 Å². The molecule has 1 fully saturated rings. The van der Waals surface area contributed by atoms with Crippen molar-refractivity contribution in [3.63, 3.8) is 0 Å². The second-order valence-electron chi connectivity index (χ2n) is 3.45. The van der Waals surface area contributed by atoms with Crippen LogP contribution >= 0.6 is 0 Å². The molecule has 0 spiro atoms. The van der Waals surface area contributed by atoms with Crippen LogP contribution in [0, 0.1) is 0 Å². The van der Waals surface area contributed by atoms with E-state index in [2.05, 4.69) is 14.9 Å². The lowest BCUT2D eigenvalue weighted by molar-refractivity contribution is 0.318. The first-order valence-corrected chi connectivity index (χ1v) is 4.58. The maximum Gasteiger partial charge on any atom is 0.142 e. The molecule has 0 radical (unpaired) electrons. The summed E-state index contributed by atoms with van der Waals surface area (Å²) in [5.74, 6) is 0.886. The van der Waals surface area contributed by atoms with Gasteiger partial charge in [-0.25, -0.2) is 9.97 Å². The van der Waals surface area contributed by atoms with Crippen LogP contribution in [-0.2, 0) is 6.54 Å². The van der Waals surface area contributed by atoms with E-state index in [-0.39, 0.29) is 0 Å². The molecule has 1 aromatic heterocycles. The molecule has 1 aliphatic heterocycles. The molecular weight excluding hydrogens is 164 g/mol. The standard InChI is InChI=1S/C9H14N4/c10-8-2-5-13(6-8)7-9-11-3-1-4-12-9/h1,3-4,8H,2,5-7,10H2. The first-order chi connectivity index (χ1) is 6.34. The molecule has 0 aromatic carbocycles. The molecule has 1 aromatic rings. The summed E-state index contributed by atoms with van der Waals surface area (Å²) in [6, 6.07) is 2.17. The van der Waals surface area contributed by atoms with E-state index in [1.807, 2.05) is 6.07 Å². The average Bonchev–Trinajstić information content (AvgIpc) is 2.53. The number of hydrogen-bond donors (Lipinski definition) is 1. The van der Waals surface area contributed by atoms with E-state index in [4.69, 9.17) is 5.73 Å². The summed E-state index contributed by atoms with van der Waals surface area (Å²) >= 11 is 0. The van der Waals surface area contributed by atoms with Crippen molar-refractivity contribution in [3.8, 4) is 0 Å². The van der Waals surface area contributed by atoms with Gasteiger partial charge in [0, 0.05) is 31.5 Å². The summed E-state index contributed by atoms with van der Waals surface area (Å²) < 4.78 is 0.